The standard InChI is InChI=1S/C11H15N5O2/c1-7-9(8(2)18-15-7)4-11(17)16(3)5-10-12-6-13-14-10/h6H,4-5H2,1-3H3,(H,12,13,14). The number of hydrogen-bond acceptors (Lipinski definition) is 5. The van der Waals surface area contributed by atoms with E-state index in [-0.39, 0.29) is 12.3 Å². The van der Waals surface area contributed by atoms with Crippen LogP contribution in [0.4, 0.5) is 0 Å². The van der Waals surface area contributed by atoms with Crippen molar-refractivity contribution in [1.29, 1.82) is 0 Å². The molecule has 2 aromatic heterocycles. The number of aromatic nitrogens is 4. The summed E-state index contributed by atoms with van der Waals surface area (Å²) >= 11 is 0. The van der Waals surface area contributed by atoms with Crippen molar-refractivity contribution < 1.29 is 9.32 Å². The third-order valence-corrected chi connectivity index (χ3v) is 2.79. The number of aryl methyl sites for hydroxylation is 2. The molecule has 0 aliphatic heterocycles. The highest BCUT2D eigenvalue weighted by atomic mass is 16.5. The maximum Gasteiger partial charge on any atom is 0.227 e. The summed E-state index contributed by atoms with van der Waals surface area (Å²) in [5.41, 5.74) is 1.61. The molecule has 7 heteroatoms. The number of likely N-dealkylation sites (N-methyl/N-ethyl adjacent to an activating group) is 1. The zero-order valence-electron chi connectivity index (χ0n) is 10.6. The van der Waals surface area contributed by atoms with Crippen molar-refractivity contribution in [3.05, 3.63) is 29.2 Å². The average molecular weight is 249 g/mol. The van der Waals surface area contributed by atoms with Crippen molar-refractivity contribution in [1.82, 2.24) is 25.2 Å². The monoisotopic (exact) mass is 249 g/mol. The van der Waals surface area contributed by atoms with E-state index in [4.69, 9.17) is 4.52 Å². The SMILES string of the molecule is Cc1noc(C)c1CC(=O)N(C)Cc1ncn[nH]1. The number of nitrogens with zero attached hydrogens (tertiary/aromatic N) is 4. The molecule has 1 amide bonds. The summed E-state index contributed by atoms with van der Waals surface area (Å²) < 4.78 is 5.03. The minimum Gasteiger partial charge on any atom is -0.361 e. The van der Waals surface area contributed by atoms with E-state index in [0.29, 0.717) is 18.1 Å². The van der Waals surface area contributed by atoms with Gasteiger partial charge in [-0.2, -0.15) is 5.10 Å². The molecule has 0 atom stereocenters. The maximum absolute atomic E-state index is 12.0. The van der Waals surface area contributed by atoms with Gasteiger partial charge in [0.2, 0.25) is 5.91 Å². The molecule has 0 radical (unpaired) electrons. The predicted molar refractivity (Wildman–Crippen MR) is 62.5 cm³/mol. The van der Waals surface area contributed by atoms with Crippen molar-refractivity contribution in [3.63, 3.8) is 0 Å². The highest BCUT2D eigenvalue weighted by molar-refractivity contribution is 5.78. The smallest absolute Gasteiger partial charge is 0.227 e. The number of rotatable bonds is 4. The van der Waals surface area contributed by atoms with Crippen molar-refractivity contribution >= 4 is 5.91 Å². The van der Waals surface area contributed by atoms with Gasteiger partial charge in [0.1, 0.15) is 17.9 Å². The topological polar surface area (TPSA) is 87.9 Å². The highest BCUT2D eigenvalue weighted by Gasteiger charge is 2.17. The average Bonchev–Trinajstić information content (AvgIpc) is 2.94. The molecule has 0 fully saturated rings. The molecular weight excluding hydrogens is 234 g/mol. The number of H-pyrrole nitrogens is 1. The lowest BCUT2D eigenvalue weighted by molar-refractivity contribution is -0.129. The van der Waals surface area contributed by atoms with Gasteiger partial charge in [-0.15, -0.1) is 0 Å². The molecule has 2 heterocycles. The van der Waals surface area contributed by atoms with Gasteiger partial charge in [-0.3, -0.25) is 9.89 Å². The molecule has 0 saturated carbocycles. The largest absolute Gasteiger partial charge is 0.361 e. The second-order valence-electron chi connectivity index (χ2n) is 4.16. The number of aromatic amines is 1. The van der Waals surface area contributed by atoms with Crippen LogP contribution in [0.15, 0.2) is 10.9 Å². The van der Waals surface area contributed by atoms with Gasteiger partial charge >= 0.3 is 0 Å². The van der Waals surface area contributed by atoms with E-state index in [9.17, 15) is 4.79 Å². The second kappa shape index (κ2) is 4.99. The minimum atomic E-state index is -0.0131. The maximum atomic E-state index is 12.0. The van der Waals surface area contributed by atoms with Crippen LogP contribution < -0.4 is 0 Å². The summed E-state index contributed by atoms with van der Waals surface area (Å²) in [6, 6.07) is 0. The molecular formula is C11H15N5O2. The first kappa shape index (κ1) is 12.3. The van der Waals surface area contributed by atoms with Crippen molar-refractivity contribution in [2.24, 2.45) is 0 Å². The van der Waals surface area contributed by atoms with Crippen LogP contribution in [-0.2, 0) is 17.8 Å². The predicted octanol–water partition coefficient (Wildman–Crippen LogP) is 0.611. The van der Waals surface area contributed by atoms with Crippen LogP contribution in [0.3, 0.4) is 0 Å². The molecule has 7 nitrogen and oxygen atoms in total. The molecule has 18 heavy (non-hydrogen) atoms. The fourth-order valence-corrected chi connectivity index (χ4v) is 1.66. The Kier molecular flexibility index (Phi) is 3.40. The molecule has 1 N–H and O–H groups in total. The van der Waals surface area contributed by atoms with E-state index in [1.165, 1.54) is 6.33 Å². The second-order valence-corrected chi connectivity index (χ2v) is 4.16. The van der Waals surface area contributed by atoms with Crippen LogP contribution in [-0.4, -0.2) is 38.2 Å². The third-order valence-electron chi connectivity index (χ3n) is 2.79. The Hall–Kier alpha value is -2.18. The summed E-state index contributed by atoms with van der Waals surface area (Å²) in [4.78, 5) is 17.6. The number of nitrogens with one attached hydrogen (secondary N) is 1. The van der Waals surface area contributed by atoms with Crippen LogP contribution in [0.1, 0.15) is 22.8 Å². The van der Waals surface area contributed by atoms with Crippen LogP contribution in [0.25, 0.3) is 0 Å². The summed E-state index contributed by atoms with van der Waals surface area (Å²) in [5.74, 6) is 1.33. The number of carbonyl (C=O) groups excluding carboxylic acids is 1. The molecule has 96 valence electrons. The first-order valence-corrected chi connectivity index (χ1v) is 5.58. The molecule has 0 aromatic carbocycles. The Labute approximate surface area is 104 Å². The Morgan fingerprint density at radius 3 is 2.83 bits per heavy atom. The molecule has 0 aliphatic rings. The fourth-order valence-electron chi connectivity index (χ4n) is 1.66. The number of hydrogen-bond donors (Lipinski definition) is 1. The highest BCUT2D eigenvalue weighted by Crippen LogP contribution is 2.14. The molecule has 0 unspecified atom stereocenters. The molecule has 0 spiro atoms. The summed E-state index contributed by atoms with van der Waals surface area (Å²) in [6.07, 6.45) is 1.70. The van der Waals surface area contributed by atoms with E-state index in [0.717, 1.165) is 11.3 Å². The molecule has 0 aliphatic carbocycles. The first-order chi connectivity index (χ1) is 8.58. The van der Waals surface area contributed by atoms with Gasteiger partial charge < -0.3 is 9.42 Å². The van der Waals surface area contributed by atoms with Crippen molar-refractivity contribution in [3.8, 4) is 0 Å². The van der Waals surface area contributed by atoms with Gasteiger partial charge in [-0.1, -0.05) is 5.16 Å². The summed E-state index contributed by atoms with van der Waals surface area (Å²) in [7, 11) is 1.73. The summed E-state index contributed by atoms with van der Waals surface area (Å²) in [6.45, 7) is 4.04. The lowest BCUT2D eigenvalue weighted by Gasteiger charge is -2.15. The molecule has 2 rings (SSSR count). The Balaban J connectivity index is 2.00. The van der Waals surface area contributed by atoms with Gasteiger partial charge in [0.15, 0.2) is 0 Å². The van der Waals surface area contributed by atoms with Crippen molar-refractivity contribution in [2.75, 3.05) is 7.05 Å². The zero-order chi connectivity index (χ0) is 13.1. The quantitative estimate of drug-likeness (QED) is 0.857. The van der Waals surface area contributed by atoms with Crippen LogP contribution in [0, 0.1) is 13.8 Å². The van der Waals surface area contributed by atoms with Crippen LogP contribution in [0.2, 0.25) is 0 Å². The number of amides is 1. The van der Waals surface area contributed by atoms with Gasteiger partial charge in [0, 0.05) is 12.6 Å². The zero-order valence-corrected chi connectivity index (χ0v) is 10.6. The lowest BCUT2D eigenvalue weighted by atomic mass is 10.1. The molecule has 0 saturated heterocycles. The van der Waals surface area contributed by atoms with Gasteiger partial charge in [-0.05, 0) is 13.8 Å². The summed E-state index contributed by atoms with van der Waals surface area (Å²) in [5, 5.41) is 10.3. The fraction of sp³-hybridized carbons (Fsp3) is 0.455. The van der Waals surface area contributed by atoms with Gasteiger partial charge in [0.25, 0.3) is 0 Å². The molecule has 0 bridgehead atoms. The Morgan fingerprint density at radius 1 is 1.50 bits per heavy atom. The van der Waals surface area contributed by atoms with E-state index in [2.05, 4.69) is 20.3 Å². The van der Waals surface area contributed by atoms with E-state index in [1.54, 1.807) is 18.9 Å². The minimum absolute atomic E-state index is 0.0131. The Bertz CT molecular complexity index is 512. The first-order valence-electron chi connectivity index (χ1n) is 5.58. The van der Waals surface area contributed by atoms with E-state index < -0.39 is 0 Å². The van der Waals surface area contributed by atoms with Gasteiger partial charge in [-0.25, -0.2) is 4.98 Å². The van der Waals surface area contributed by atoms with Crippen molar-refractivity contribution in [2.45, 2.75) is 26.8 Å². The number of carbonyl (C=O) groups is 1. The van der Waals surface area contributed by atoms with Crippen LogP contribution >= 0.6 is 0 Å². The lowest BCUT2D eigenvalue weighted by Crippen LogP contribution is -2.28. The van der Waals surface area contributed by atoms with Crippen LogP contribution in [0.5, 0.6) is 0 Å². The normalized spacial score (nSPS) is 10.6. The third kappa shape index (κ3) is 2.55. The van der Waals surface area contributed by atoms with E-state index >= 15 is 0 Å². The van der Waals surface area contributed by atoms with E-state index in [1.807, 2.05) is 6.92 Å². The van der Waals surface area contributed by atoms with Gasteiger partial charge in [0.05, 0.1) is 18.7 Å². The molecule has 2 aromatic rings. The Morgan fingerprint density at radius 2 is 2.28 bits per heavy atom.